The first-order valence-electron chi connectivity index (χ1n) is 8.38. The molecule has 0 saturated carbocycles. The highest BCUT2D eigenvalue weighted by Crippen LogP contribution is 2.20. The van der Waals surface area contributed by atoms with E-state index in [0.717, 1.165) is 10.7 Å². The number of halogens is 1. The zero-order valence-corrected chi connectivity index (χ0v) is 16.7. The summed E-state index contributed by atoms with van der Waals surface area (Å²) in [6.45, 7) is 1.27. The first kappa shape index (κ1) is 20.5. The molecule has 0 saturated heterocycles. The molecule has 0 aliphatic rings. The third-order valence-electron chi connectivity index (χ3n) is 3.48. The van der Waals surface area contributed by atoms with Crippen LogP contribution in [0, 0.1) is 0 Å². The summed E-state index contributed by atoms with van der Waals surface area (Å²) in [4.78, 5) is 40.8. The van der Waals surface area contributed by atoms with Gasteiger partial charge in [-0.1, -0.05) is 23.7 Å². The van der Waals surface area contributed by atoms with Crippen LogP contribution in [0.1, 0.15) is 17.4 Å². The third kappa shape index (κ3) is 4.98. The quantitative estimate of drug-likeness (QED) is 0.568. The fraction of sp³-hybridized carbons (Fsp3) is 0.167. The zero-order valence-electron chi connectivity index (χ0n) is 15.1. The van der Waals surface area contributed by atoms with Crippen LogP contribution < -0.4 is 15.6 Å². The van der Waals surface area contributed by atoms with E-state index in [2.05, 4.69) is 15.4 Å². The highest BCUT2D eigenvalue weighted by molar-refractivity contribution is 7.13. The molecule has 0 unspecified atom stereocenters. The highest BCUT2D eigenvalue weighted by atomic mass is 35.5. The Morgan fingerprint density at radius 3 is 2.79 bits per heavy atom. The van der Waals surface area contributed by atoms with Crippen LogP contribution in [-0.4, -0.2) is 39.9 Å². The predicted octanol–water partition coefficient (Wildman–Crippen LogP) is 2.54. The van der Waals surface area contributed by atoms with Crippen molar-refractivity contribution in [3.05, 3.63) is 63.0 Å². The predicted molar refractivity (Wildman–Crippen MR) is 107 cm³/mol. The van der Waals surface area contributed by atoms with Gasteiger partial charge in [-0.25, -0.2) is 9.78 Å². The van der Waals surface area contributed by atoms with Gasteiger partial charge in [0.2, 0.25) is 5.69 Å². The highest BCUT2D eigenvalue weighted by Gasteiger charge is 2.21. The maximum absolute atomic E-state index is 12.5. The molecule has 0 aliphatic carbocycles. The fourth-order valence-electron chi connectivity index (χ4n) is 2.27. The Hall–Kier alpha value is -3.24. The Balaban J connectivity index is 1.90. The number of para-hydroxylation sites is 1. The minimum absolute atomic E-state index is 0.0930. The van der Waals surface area contributed by atoms with Gasteiger partial charge in [-0.15, -0.1) is 11.3 Å². The van der Waals surface area contributed by atoms with Crippen molar-refractivity contribution in [1.82, 2.24) is 14.8 Å². The van der Waals surface area contributed by atoms with Crippen LogP contribution in [0.2, 0.25) is 5.02 Å². The first-order chi connectivity index (χ1) is 14.0. The van der Waals surface area contributed by atoms with Gasteiger partial charge in [-0.2, -0.15) is 9.78 Å². The van der Waals surface area contributed by atoms with Crippen LogP contribution in [0.5, 0.6) is 5.75 Å². The Labute approximate surface area is 173 Å². The van der Waals surface area contributed by atoms with Gasteiger partial charge in [0.05, 0.1) is 23.4 Å². The smallest absolute Gasteiger partial charge is 0.362 e. The van der Waals surface area contributed by atoms with Crippen molar-refractivity contribution >= 4 is 39.9 Å². The fourth-order valence-corrected chi connectivity index (χ4v) is 3.03. The van der Waals surface area contributed by atoms with Crippen LogP contribution in [0.25, 0.3) is 5.69 Å². The average molecular weight is 435 g/mol. The summed E-state index contributed by atoms with van der Waals surface area (Å²) in [5, 5.41) is 8.96. The number of hydrogen-bond acceptors (Lipinski definition) is 8. The second kappa shape index (κ2) is 9.30. The number of aromatic nitrogens is 3. The topological polar surface area (TPSA) is 112 Å². The molecule has 0 fully saturated rings. The second-order valence-electron chi connectivity index (χ2n) is 5.45. The molecule has 29 heavy (non-hydrogen) atoms. The normalized spacial score (nSPS) is 10.4. The molecule has 0 radical (unpaired) electrons. The summed E-state index contributed by atoms with van der Waals surface area (Å²) in [7, 11) is 0. The Bertz CT molecular complexity index is 1080. The van der Waals surface area contributed by atoms with E-state index in [0.29, 0.717) is 5.13 Å². The van der Waals surface area contributed by atoms with E-state index in [1.165, 1.54) is 17.5 Å². The van der Waals surface area contributed by atoms with E-state index in [-0.39, 0.29) is 28.8 Å². The van der Waals surface area contributed by atoms with Crippen LogP contribution in [0.4, 0.5) is 5.13 Å². The number of nitrogens with zero attached hydrogens (tertiary/aromatic N) is 3. The standard InChI is InChI=1S/C18H15ClN4O5S/c1-2-27-17(26)16-13(28-10-14(24)21-18-20-7-8-29-18)9-15(25)23(22-16)12-6-4-3-5-11(12)19/h3-9H,2,10H2,1H3,(H,20,21,24). The monoisotopic (exact) mass is 434 g/mol. The van der Waals surface area contributed by atoms with Crippen molar-refractivity contribution in [2.75, 3.05) is 18.5 Å². The Morgan fingerprint density at radius 2 is 2.10 bits per heavy atom. The van der Waals surface area contributed by atoms with E-state index in [4.69, 9.17) is 21.1 Å². The Morgan fingerprint density at radius 1 is 1.31 bits per heavy atom. The van der Waals surface area contributed by atoms with Gasteiger partial charge in [-0.05, 0) is 19.1 Å². The summed E-state index contributed by atoms with van der Waals surface area (Å²) in [6, 6.07) is 7.59. The van der Waals surface area contributed by atoms with Crippen LogP contribution >= 0.6 is 22.9 Å². The number of rotatable bonds is 7. The molecule has 0 atom stereocenters. The molecule has 0 spiro atoms. The number of esters is 1. The van der Waals surface area contributed by atoms with Crippen molar-refractivity contribution in [3.63, 3.8) is 0 Å². The van der Waals surface area contributed by atoms with E-state index in [1.807, 2.05) is 0 Å². The molecule has 1 amide bonds. The lowest BCUT2D eigenvalue weighted by Crippen LogP contribution is -2.27. The van der Waals surface area contributed by atoms with E-state index >= 15 is 0 Å². The van der Waals surface area contributed by atoms with Gasteiger partial charge in [-0.3, -0.25) is 14.9 Å². The number of carbonyl (C=O) groups excluding carboxylic acids is 2. The van der Waals surface area contributed by atoms with Gasteiger partial charge in [0, 0.05) is 11.6 Å². The molecule has 1 aromatic carbocycles. The minimum atomic E-state index is -0.802. The van der Waals surface area contributed by atoms with Gasteiger partial charge < -0.3 is 9.47 Å². The average Bonchev–Trinajstić information content (AvgIpc) is 3.20. The molecule has 3 aromatic rings. The van der Waals surface area contributed by atoms with Gasteiger partial charge in [0.1, 0.15) is 0 Å². The molecule has 2 heterocycles. The number of thiazole rings is 1. The molecular formula is C18H15ClN4O5S. The van der Waals surface area contributed by atoms with Gasteiger partial charge in [0.25, 0.3) is 11.5 Å². The summed E-state index contributed by atoms with van der Waals surface area (Å²) >= 11 is 7.37. The summed E-state index contributed by atoms with van der Waals surface area (Å²) in [5.41, 5.74) is -0.562. The number of ether oxygens (including phenoxy) is 2. The molecule has 11 heteroatoms. The third-order valence-corrected chi connectivity index (χ3v) is 4.49. The molecule has 3 rings (SSSR count). The lowest BCUT2D eigenvalue weighted by Gasteiger charge is -2.13. The zero-order chi connectivity index (χ0) is 20.8. The van der Waals surface area contributed by atoms with Crippen molar-refractivity contribution in [2.45, 2.75) is 6.92 Å². The van der Waals surface area contributed by atoms with Crippen molar-refractivity contribution < 1.29 is 19.1 Å². The minimum Gasteiger partial charge on any atom is -0.481 e. The summed E-state index contributed by atoms with van der Waals surface area (Å²) in [5.74, 6) is -1.49. The van der Waals surface area contributed by atoms with E-state index < -0.39 is 24.0 Å². The molecular weight excluding hydrogens is 420 g/mol. The lowest BCUT2D eigenvalue weighted by molar-refractivity contribution is -0.118. The molecule has 9 nitrogen and oxygen atoms in total. The van der Waals surface area contributed by atoms with Gasteiger partial charge >= 0.3 is 5.97 Å². The number of carbonyl (C=O) groups is 2. The summed E-state index contributed by atoms with van der Waals surface area (Å²) < 4.78 is 11.3. The molecule has 2 aromatic heterocycles. The largest absolute Gasteiger partial charge is 0.481 e. The molecule has 0 aliphatic heterocycles. The number of amides is 1. The molecule has 1 N–H and O–H groups in total. The van der Waals surface area contributed by atoms with Crippen LogP contribution in [0.3, 0.4) is 0 Å². The molecule has 150 valence electrons. The van der Waals surface area contributed by atoms with E-state index in [1.54, 1.807) is 36.6 Å². The SMILES string of the molecule is CCOC(=O)c1nn(-c2ccccc2Cl)c(=O)cc1OCC(=O)Nc1nccs1. The maximum Gasteiger partial charge on any atom is 0.362 e. The van der Waals surface area contributed by atoms with Crippen molar-refractivity contribution in [2.24, 2.45) is 0 Å². The number of hydrogen-bond donors (Lipinski definition) is 1. The van der Waals surface area contributed by atoms with E-state index in [9.17, 15) is 14.4 Å². The Kier molecular flexibility index (Phi) is 6.57. The van der Waals surface area contributed by atoms with Crippen molar-refractivity contribution in [1.29, 1.82) is 0 Å². The van der Waals surface area contributed by atoms with Crippen LogP contribution in [-0.2, 0) is 9.53 Å². The van der Waals surface area contributed by atoms with Crippen LogP contribution in [0.15, 0.2) is 46.7 Å². The molecule has 0 bridgehead atoms. The van der Waals surface area contributed by atoms with Gasteiger partial charge in [0.15, 0.2) is 17.5 Å². The van der Waals surface area contributed by atoms with Crippen molar-refractivity contribution in [3.8, 4) is 11.4 Å². The number of benzene rings is 1. The maximum atomic E-state index is 12.5. The second-order valence-corrected chi connectivity index (χ2v) is 6.75. The summed E-state index contributed by atoms with van der Waals surface area (Å²) in [6.07, 6.45) is 1.54. The first-order valence-corrected chi connectivity index (χ1v) is 9.64. The number of nitrogens with one attached hydrogen (secondary N) is 1. The lowest BCUT2D eigenvalue weighted by atomic mass is 10.3. The number of anilines is 1.